The number of hydrogen-bond acceptors (Lipinski definition) is 6. The standard InChI is InChI=1S/C40H45N3O6/c1-5-24-41(26-28-14-10-8-11-15-28)36(45)33-34-37(46)43(32(27-44)29-16-12-9-13-17-29)35(40(34)23-22-39(33,7-3)49-40)38(47)42(25-6-2)30-18-20-31(48-4)21-19-30/h5-6,8-21,32-35,44H,1-2,7,22-27H2,3-4H3/t32-,33+,34+,35?,39-,40?/m1/s1. The van der Waals surface area contributed by atoms with Gasteiger partial charge in [0.25, 0.3) is 5.91 Å². The number of ether oxygens (including phenoxy) is 2. The lowest BCUT2D eigenvalue weighted by Gasteiger charge is -2.39. The van der Waals surface area contributed by atoms with Crippen LogP contribution >= 0.6 is 0 Å². The quantitative estimate of drug-likeness (QED) is 0.235. The van der Waals surface area contributed by atoms with Crippen LogP contribution in [0.2, 0.25) is 0 Å². The minimum absolute atomic E-state index is 0.172. The van der Waals surface area contributed by atoms with Crippen LogP contribution < -0.4 is 9.64 Å². The highest BCUT2D eigenvalue weighted by molar-refractivity contribution is 6.05. The zero-order chi connectivity index (χ0) is 34.8. The Labute approximate surface area is 288 Å². The summed E-state index contributed by atoms with van der Waals surface area (Å²) in [6.07, 6.45) is 4.78. The van der Waals surface area contributed by atoms with Gasteiger partial charge in [0.2, 0.25) is 11.8 Å². The van der Waals surface area contributed by atoms with Crippen molar-refractivity contribution < 1.29 is 29.0 Å². The van der Waals surface area contributed by atoms with Gasteiger partial charge in [-0.2, -0.15) is 0 Å². The van der Waals surface area contributed by atoms with Crippen LogP contribution in [0.4, 0.5) is 5.69 Å². The minimum Gasteiger partial charge on any atom is -0.497 e. The van der Waals surface area contributed by atoms with E-state index in [1.165, 1.54) is 4.90 Å². The van der Waals surface area contributed by atoms with Gasteiger partial charge < -0.3 is 29.3 Å². The first-order valence-corrected chi connectivity index (χ1v) is 17.0. The molecule has 3 aliphatic heterocycles. The summed E-state index contributed by atoms with van der Waals surface area (Å²) in [5.41, 5.74) is 0.0306. The van der Waals surface area contributed by atoms with E-state index in [-0.39, 0.29) is 30.8 Å². The molecule has 0 saturated carbocycles. The molecule has 3 saturated heterocycles. The number of anilines is 1. The molecule has 3 amide bonds. The van der Waals surface area contributed by atoms with E-state index in [0.717, 1.165) is 5.56 Å². The fourth-order valence-corrected chi connectivity index (χ4v) is 8.43. The summed E-state index contributed by atoms with van der Waals surface area (Å²) < 4.78 is 12.4. The van der Waals surface area contributed by atoms with Crippen LogP contribution in [0.3, 0.4) is 0 Å². The van der Waals surface area contributed by atoms with Gasteiger partial charge in [-0.1, -0.05) is 79.7 Å². The Morgan fingerprint density at radius 3 is 2.22 bits per heavy atom. The van der Waals surface area contributed by atoms with E-state index < -0.39 is 41.7 Å². The lowest BCUT2D eigenvalue weighted by molar-refractivity contribution is -0.154. The highest BCUT2D eigenvalue weighted by atomic mass is 16.5. The molecular weight excluding hydrogens is 618 g/mol. The van der Waals surface area contributed by atoms with Crippen LogP contribution in [0, 0.1) is 11.8 Å². The lowest BCUT2D eigenvalue weighted by atomic mass is 9.64. The molecule has 0 aliphatic carbocycles. The number of hydrogen-bond donors (Lipinski definition) is 1. The third-order valence-electron chi connectivity index (χ3n) is 10.7. The molecule has 0 radical (unpaired) electrons. The van der Waals surface area contributed by atoms with E-state index in [4.69, 9.17) is 9.47 Å². The lowest BCUT2D eigenvalue weighted by Crippen LogP contribution is -2.57. The summed E-state index contributed by atoms with van der Waals surface area (Å²) in [4.78, 5) is 50.0. The molecule has 1 spiro atoms. The molecule has 2 bridgehead atoms. The first kappa shape index (κ1) is 34.1. The summed E-state index contributed by atoms with van der Waals surface area (Å²) in [7, 11) is 1.58. The maximum absolute atomic E-state index is 15.2. The predicted octanol–water partition coefficient (Wildman–Crippen LogP) is 5.32. The predicted molar refractivity (Wildman–Crippen MR) is 188 cm³/mol. The molecule has 3 aromatic carbocycles. The van der Waals surface area contributed by atoms with Crippen molar-refractivity contribution in [1.82, 2.24) is 9.80 Å². The van der Waals surface area contributed by atoms with E-state index in [0.29, 0.717) is 42.8 Å². The average molecular weight is 664 g/mol. The molecule has 9 nitrogen and oxygen atoms in total. The zero-order valence-electron chi connectivity index (χ0n) is 28.2. The fourth-order valence-electron chi connectivity index (χ4n) is 8.43. The fraction of sp³-hybridized carbons (Fsp3) is 0.375. The molecule has 256 valence electrons. The molecule has 0 aromatic heterocycles. The van der Waals surface area contributed by atoms with E-state index in [1.54, 1.807) is 53.3 Å². The summed E-state index contributed by atoms with van der Waals surface area (Å²) in [6.45, 7) is 10.2. The number of rotatable bonds is 14. The van der Waals surface area contributed by atoms with Crippen LogP contribution in [-0.4, -0.2) is 76.7 Å². The van der Waals surface area contributed by atoms with Crippen molar-refractivity contribution >= 4 is 23.4 Å². The zero-order valence-corrected chi connectivity index (χ0v) is 28.2. The van der Waals surface area contributed by atoms with Crippen molar-refractivity contribution in [3.05, 3.63) is 121 Å². The summed E-state index contributed by atoms with van der Waals surface area (Å²) in [5.74, 6) is -2.03. The van der Waals surface area contributed by atoms with Gasteiger partial charge in [0.05, 0.1) is 37.2 Å². The Kier molecular flexibility index (Phi) is 9.77. The second-order valence-electron chi connectivity index (χ2n) is 13.1. The molecule has 3 heterocycles. The van der Waals surface area contributed by atoms with Crippen LogP contribution in [0.15, 0.2) is 110 Å². The number of aliphatic hydroxyl groups is 1. The number of likely N-dealkylation sites (tertiary alicyclic amines) is 1. The van der Waals surface area contributed by atoms with Crippen LogP contribution in [-0.2, 0) is 25.7 Å². The van der Waals surface area contributed by atoms with Crippen molar-refractivity contribution in [2.45, 2.75) is 56.0 Å². The Balaban J connectivity index is 1.48. The van der Waals surface area contributed by atoms with Gasteiger partial charge in [-0.15, -0.1) is 13.2 Å². The van der Waals surface area contributed by atoms with Gasteiger partial charge in [0, 0.05) is 25.3 Å². The van der Waals surface area contributed by atoms with Crippen molar-refractivity contribution in [1.29, 1.82) is 0 Å². The number of nitrogens with zero attached hydrogens (tertiary/aromatic N) is 3. The largest absolute Gasteiger partial charge is 0.497 e. The second-order valence-corrected chi connectivity index (χ2v) is 13.1. The van der Waals surface area contributed by atoms with Crippen molar-refractivity contribution in [2.75, 3.05) is 31.7 Å². The van der Waals surface area contributed by atoms with Crippen molar-refractivity contribution in [2.24, 2.45) is 11.8 Å². The first-order valence-electron chi connectivity index (χ1n) is 17.0. The minimum atomic E-state index is -1.29. The SMILES string of the molecule is C=CCN(Cc1ccccc1)C(=O)[C@@H]1[C@H]2C(=O)N([C@H](CO)c3ccccc3)C(C(=O)N(CC=C)c3ccc(OC)cc3)C23CC[C@@]1(CC)O3. The number of benzene rings is 3. The van der Waals surface area contributed by atoms with Crippen molar-refractivity contribution in [3.63, 3.8) is 0 Å². The third-order valence-corrected chi connectivity index (χ3v) is 10.7. The molecule has 9 heteroatoms. The second kappa shape index (κ2) is 14.0. The molecule has 3 aliphatic rings. The molecule has 1 N–H and O–H groups in total. The smallest absolute Gasteiger partial charge is 0.253 e. The highest BCUT2D eigenvalue weighted by Crippen LogP contribution is 2.65. The van der Waals surface area contributed by atoms with E-state index in [9.17, 15) is 9.90 Å². The van der Waals surface area contributed by atoms with Gasteiger partial charge in [0.1, 0.15) is 17.4 Å². The topological polar surface area (TPSA) is 99.6 Å². The van der Waals surface area contributed by atoms with E-state index in [2.05, 4.69) is 13.2 Å². The third kappa shape index (κ3) is 5.74. The summed E-state index contributed by atoms with van der Waals surface area (Å²) in [5, 5.41) is 10.9. The number of carbonyl (C=O) groups is 3. The normalized spacial score (nSPS) is 25.8. The van der Waals surface area contributed by atoms with Crippen molar-refractivity contribution in [3.8, 4) is 5.75 Å². The maximum atomic E-state index is 15.2. The number of methoxy groups -OCH3 is 1. The molecular formula is C40H45N3O6. The van der Waals surface area contributed by atoms with Gasteiger partial charge in [-0.3, -0.25) is 14.4 Å². The average Bonchev–Trinajstić information content (AvgIpc) is 3.75. The van der Waals surface area contributed by atoms with Gasteiger partial charge in [0.15, 0.2) is 0 Å². The summed E-state index contributed by atoms with van der Waals surface area (Å²) in [6, 6.07) is 24.1. The van der Waals surface area contributed by atoms with Crippen LogP contribution in [0.1, 0.15) is 43.4 Å². The van der Waals surface area contributed by atoms with E-state index in [1.807, 2.05) is 67.6 Å². The van der Waals surface area contributed by atoms with Crippen LogP contribution in [0.5, 0.6) is 5.75 Å². The number of amides is 3. The van der Waals surface area contributed by atoms with E-state index >= 15 is 9.59 Å². The molecule has 6 atom stereocenters. The molecule has 3 aromatic rings. The number of fused-ring (bicyclic) bond motifs is 1. The van der Waals surface area contributed by atoms with Gasteiger partial charge in [-0.25, -0.2) is 0 Å². The number of carbonyl (C=O) groups excluding carboxylic acids is 3. The monoisotopic (exact) mass is 663 g/mol. The Hall–Kier alpha value is -4.73. The Morgan fingerprint density at radius 1 is 0.980 bits per heavy atom. The molecule has 6 rings (SSSR count). The first-order chi connectivity index (χ1) is 23.8. The molecule has 2 unspecified atom stereocenters. The van der Waals surface area contributed by atoms with Gasteiger partial charge >= 0.3 is 0 Å². The molecule has 3 fully saturated rings. The van der Waals surface area contributed by atoms with Gasteiger partial charge in [-0.05, 0) is 54.7 Å². The highest BCUT2D eigenvalue weighted by Gasteiger charge is 2.79. The Bertz CT molecular complexity index is 1680. The molecule has 49 heavy (non-hydrogen) atoms. The maximum Gasteiger partial charge on any atom is 0.253 e. The summed E-state index contributed by atoms with van der Waals surface area (Å²) >= 11 is 0. The number of aliphatic hydroxyl groups excluding tert-OH is 1. The Morgan fingerprint density at radius 2 is 1.63 bits per heavy atom. The van der Waals surface area contributed by atoms with Crippen LogP contribution in [0.25, 0.3) is 0 Å².